The summed E-state index contributed by atoms with van der Waals surface area (Å²) >= 11 is 3.43. The number of benzene rings is 3. The van der Waals surface area contributed by atoms with Crippen molar-refractivity contribution in [1.82, 2.24) is 0 Å². The van der Waals surface area contributed by atoms with E-state index >= 15 is 0 Å². The number of aromatic carboxylic acids is 1. The Labute approximate surface area is 194 Å². The molecule has 0 radical (unpaired) electrons. The molecule has 0 saturated carbocycles. The minimum absolute atomic E-state index is 0.0711. The van der Waals surface area contributed by atoms with E-state index in [0.29, 0.717) is 17.7 Å². The molecule has 1 amide bonds. The number of amides is 1. The molecule has 1 heterocycles. The number of allylic oxidation sites excluding steroid dienone is 1. The Hall–Kier alpha value is -3.64. The van der Waals surface area contributed by atoms with Crippen molar-refractivity contribution in [3.63, 3.8) is 0 Å². The number of halogens is 1. The third-order valence-corrected chi connectivity index (χ3v) is 5.85. The average Bonchev–Trinajstić information content (AvgIpc) is 3.05. The summed E-state index contributed by atoms with van der Waals surface area (Å²) in [5.41, 5.74) is 2.88. The molecule has 0 aliphatic carbocycles. The van der Waals surface area contributed by atoms with Crippen LogP contribution in [0.1, 0.15) is 33.9 Å². The zero-order chi connectivity index (χ0) is 22.7. The van der Waals surface area contributed by atoms with Crippen LogP contribution in [0.15, 0.2) is 101 Å². The first kappa shape index (κ1) is 21.6. The number of carbonyl (C=O) groups excluding carboxylic acids is 1. The van der Waals surface area contributed by atoms with Crippen molar-refractivity contribution < 1.29 is 19.8 Å². The first-order chi connectivity index (χ1) is 15.5. The van der Waals surface area contributed by atoms with E-state index in [0.717, 1.165) is 15.6 Å². The summed E-state index contributed by atoms with van der Waals surface area (Å²) in [7, 11) is 0. The minimum Gasteiger partial charge on any atom is -0.503 e. The zero-order valence-electron chi connectivity index (χ0n) is 17.0. The van der Waals surface area contributed by atoms with Gasteiger partial charge in [0, 0.05) is 15.7 Å². The Morgan fingerprint density at radius 3 is 2.41 bits per heavy atom. The van der Waals surface area contributed by atoms with Crippen molar-refractivity contribution in [2.75, 3.05) is 4.90 Å². The number of anilines is 1. The van der Waals surface area contributed by atoms with E-state index in [1.807, 2.05) is 66.7 Å². The first-order valence-corrected chi connectivity index (χ1v) is 10.8. The van der Waals surface area contributed by atoms with Gasteiger partial charge in [-0.25, -0.2) is 4.79 Å². The second-order valence-corrected chi connectivity index (χ2v) is 8.29. The number of nitrogens with zero attached hydrogens (tertiary/aromatic N) is 1. The van der Waals surface area contributed by atoms with Crippen molar-refractivity contribution in [3.05, 3.63) is 117 Å². The number of rotatable bonds is 6. The van der Waals surface area contributed by atoms with Gasteiger partial charge in [-0.05, 0) is 47.9 Å². The molecule has 4 rings (SSSR count). The van der Waals surface area contributed by atoms with Gasteiger partial charge < -0.3 is 10.2 Å². The monoisotopic (exact) mass is 489 g/mol. The molecule has 1 atom stereocenters. The summed E-state index contributed by atoms with van der Waals surface area (Å²) < 4.78 is 0.892. The highest BCUT2D eigenvalue weighted by Gasteiger charge is 2.40. The molecule has 0 spiro atoms. The molecule has 32 heavy (non-hydrogen) atoms. The van der Waals surface area contributed by atoms with Crippen molar-refractivity contribution >= 4 is 39.6 Å². The smallest absolute Gasteiger partial charge is 0.335 e. The Morgan fingerprint density at radius 2 is 1.72 bits per heavy atom. The molecule has 2 N–H and O–H groups in total. The standard InChI is InChI=1S/C26H20BrNO4/c27-20-14-12-18(13-15-20)23-22(11-4-8-17-6-2-1-3-7-17)24(29)25(30)28(23)21-10-5-9-19(16-21)26(31)32/h1-10,12-16,23,29H,11H2,(H,31,32). The van der Waals surface area contributed by atoms with Crippen LogP contribution < -0.4 is 4.90 Å². The molecule has 3 aromatic carbocycles. The highest BCUT2D eigenvalue weighted by atomic mass is 79.9. The van der Waals surface area contributed by atoms with E-state index in [1.54, 1.807) is 12.1 Å². The fourth-order valence-electron chi connectivity index (χ4n) is 3.80. The molecule has 6 heteroatoms. The number of carbonyl (C=O) groups is 2. The molecule has 0 aromatic heterocycles. The van der Waals surface area contributed by atoms with Crippen LogP contribution in [0.25, 0.3) is 6.08 Å². The van der Waals surface area contributed by atoms with Gasteiger partial charge in [0.1, 0.15) is 0 Å². The van der Waals surface area contributed by atoms with Crippen LogP contribution in [0.3, 0.4) is 0 Å². The summed E-state index contributed by atoms with van der Waals surface area (Å²) in [4.78, 5) is 26.0. The molecular formula is C26H20BrNO4. The van der Waals surface area contributed by atoms with Crippen LogP contribution in [0.2, 0.25) is 0 Å². The van der Waals surface area contributed by atoms with Crippen molar-refractivity contribution in [2.45, 2.75) is 12.5 Å². The minimum atomic E-state index is -1.08. The third-order valence-electron chi connectivity index (χ3n) is 5.32. The first-order valence-electron chi connectivity index (χ1n) is 10.0. The number of carboxylic acid groups (broad SMARTS) is 1. The quantitative estimate of drug-likeness (QED) is 0.435. The van der Waals surface area contributed by atoms with Crippen molar-refractivity contribution in [3.8, 4) is 0 Å². The lowest BCUT2D eigenvalue weighted by Crippen LogP contribution is -2.30. The van der Waals surface area contributed by atoms with Crippen LogP contribution in [-0.4, -0.2) is 22.1 Å². The van der Waals surface area contributed by atoms with Gasteiger partial charge >= 0.3 is 5.97 Å². The molecule has 0 saturated heterocycles. The Morgan fingerprint density at radius 1 is 1.00 bits per heavy atom. The fourth-order valence-corrected chi connectivity index (χ4v) is 4.06. The van der Waals surface area contributed by atoms with Crippen molar-refractivity contribution in [2.24, 2.45) is 0 Å². The lowest BCUT2D eigenvalue weighted by atomic mass is 9.96. The van der Waals surface area contributed by atoms with Gasteiger partial charge in [-0.3, -0.25) is 9.69 Å². The van der Waals surface area contributed by atoms with E-state index in [-0.39, 0.29) is 11.3 Å². The number of hydrogen-bond donors (Lipinski definition) is 2. The van der Waals surface area contributed by atoms with Crippen LogP contribution in [0, 0.1) is 0 Å². The van der Waals surface area contributed by atoms with E-state index in [9.17, 15) is 19.8 Å². The molecular weight excluding hydrogens is 470 g/mol. The highest BCUT2D eigenvalue weighted by Crippen LogP contribution is 2.42. The fraction of sp³-hybridized carbons (Fsp3) is 0.0769. The summed E-state index contributed by atoms with van der Waals surface area (Å²) in [6.07, 6.45) is 4.22. The number of aliphatic hydroxyl groups excluding tert-OH is 1. The third kappa shape index (κ3) is 4.36. The second kappa shape index (κ2) is 9.24. The molecule has 160 valence electrons. The van der Waals surface area contributed by atoms with Crippen LogP contribution in [0.4, 0.5) is 5.69 Å². The van der Waals surface area contributed by atoms with Gasteiger partial charge in [0.2, 0.25) is 0 Å². The summed E-state index contributed by atoms with van der Waals surface area (Å²) in [5, 5.41) is 20.2. The summed E-state index contributed by atoms with van der Waals surface area (Å²) in [6, 6.07) is 22.9. The predicted molar refractivity (Wildman–Crippen MR) is 128 cm³/mol. The maximum absolute atomic E-state index is 13.1. The number of aliphatic hydroxyl groups is 1. The number of hydrogen-bond acceptors (Lipinski definition) is 3. The molecule has 0 fully saturated rings. The summed E-state index contributed by atoms with van der Waals surface area (Å²) in [6.45, 7) is 0. The predicted octanol–water partition coefficient (Wildman–Crippen LogP) is 6.15. The molecule has 1 unspecified atom stereocenters. The van der Waals surface area contributed by atoms with Gasteiger partial charge in [0.05, 0.1) is 11.6 Å². The Kier molecular flexibility index (Phi) is 6.23. The lowest BCUT2D eigenvalue weighted by molar-refractivity contribution is -0.117. The van der Waals surface area contributed by atoms with Crippen LogP contribution in [0.5, 0.6) is 0 Å². The lowest BCUT2D eigenvalue weighted by Gasteiger charge is -2.27. The van der Waals surface area contributed by atoms with Gasteiger partial charge in [-0.1, -0.05) is 76.6 Å². The van der Waals surface area contributed by atoms with Crippen LogP contribution in [-0.2, 0) is 4.79 Å². The Balaban J connectivity index is 1.75. The molecule has 1 aliphatic heterocycles. The topological polar surface area (TPSA) is 77.8 Å². The van der Waals surface area contributed by atoms with Gasteiger partial charge in [-0.2, -0.15) is 0 Å². The van der Waals surface area contributed by atoms with Crippen LogP contribution >= 0.6 is 15.9 Å². The van der Waals surface area contributed by atoms with E-state index < -0.39 is 17.9 Å². The largest absolute Gasteiger partial charge is 0.503 e. The number of carboxylic acids is 1. The molecule has 1 aliphatic rings. The normalized spacial score (nSPS) is 16.2. The summed E-state index contributed by atoms with van der Waals surface area (Å²) in [5.74, 6) is -1.94. The molecule has 0 bridgehead atoms. The van der Waals surface area contributed by atoms with E-state index in [2.05, 4.69) is 15.9 Å². The van der Waals surface area contributed by atoms with E-state index in [4.69, 9.17) is 0 Å². The average molecular weight is 490 g/mol. The maximum Gasteiger partial charge on any atom is 0.335 e. The van der Waals surface area contributed by atoms with Crippen molar-refractivity contribution in [1.29, 1.82) is 0 Å². The van der Waals surface area contributed by atoms with Gasteiger partial charge in [0.25, 0.3) is 5.91 Å². The van der Waals surface area contributed by atoms with Gasteiger partial charge in [0.15, 0.2) is 5.76 Å². The Bertz CT molecular complexity index is 1220. The molecule has 3 aromatic rings. The van der Waals surface area contributed by atoms with Gasteiger partial charge in [-0.15, -0.1) is 0 Å². The second-order valence-electron chi connectivity index (χ2n) is 7.38. The highest BCUT2D eigenvalue weighted by molar-refractivity contribution is 9.10. The van der Waals surface area contributed by atoms with E-state index in [1.165, 1.54) is 17.0 Å². The maximum atomic E-state index is 13.1. The zero-order valence-corrected chi connectivity index (χ0v) is 18.6. The SMILES string of the molecule is O=C(O)c1cccc(N2C(=O)C(O)=C(CC=Cc3ccccc3)C2c2ccc(Br)cc2)c1. The molecule has 5 nitrogen and oxygen atoms in total.